The van der Waals surface area contributed by atoms with Gasteiger partial charge in [0.15, 0.2) is 6.61 Å². The van der Waals surface area contributed by atoms with Gasteiger partial charge in [0.25, 0.3) is 11.8 Å². The van der Waals surface area contributed by atoms with Crippen LogP contribution < -0.4 is 15.4 Å². The third kappa shape index (κ3) is 5.14. The lowest BCUT2D eigenvalue weighted by Gasteiger charge is -2.12. The van der Waals surface area contributed by atoms with Crippen LogP contribution in [-0.4, -0.2) is 18.4 Å². The molecule has 0 saturated heterocycles. The number of hydrogen-bond donors (Lipinski definition) is 2. The summed E-state index contributed by atoms with van der Waals surface area (Å²) >= 11 is 0. The van der Waals surface area contributed by atoms with E-state index in [0.29, 0.717) is 11.4 Å². The summed E-state index contributed by atoms with van der Waals surface area (Å²) in [7, 11) is 0. The Labute approximate surface area is 160 Å². The summed E-state index contributed by atoms with van der Waals surface area (Å²) in [5.74, 6) is -1.51. The highest BCUT2D eigenvalue weighted by Gasteiger charge is 2.14. The van der Waals surface area contributed by atoms with Crippen molar-refractivity contribution in [2.24, 2.45) is 0 Å². The molecule has 0 bridgehead atoms. The Balaban J connectivity index is 1.63. The molecule has 28 heavy (non-hydrogen) atoms. The number of carbonyl (C=O) groups excluding carboxylic acids is 2. The Morgan fingerprint density at radius 3 is 1.89 bits per heavy atom. The quantitative estimate of drug-likeness (QED) is 0.670. The van der Waals surface area contributed by atoms with Gasteiger partial charge in [0.1, 0.15) is 17.4 Å². The molecule has 0 fully saturated rings. The highest BCUT2D eigenvalue weighted by atomic mass is 19.1. The number of halogens is 2. The lowest BCUT2D eigenvalue weighted by atomic mass is 10.2. The summed E-state index contributed by atoms with van der Waals surface area (Å²) in [6, 6.07) is 17.1. The van der Waals surface area contributed by atoms with E-state index >= 15 is 0 Å². The zero-order chi connectivity index (χ0) is 19.9. The molecule has 7 heteroatoms. The molecule has 5 nitrogen and oxygen atoms in total. The smallest absolute Gasteiger partial charge is 0.262 e. The third-order valence-electron chi connectivity index (χ3n) is 3.72. The maximum atomic E-state index is 13.0. The van der Waals surface area contributed by atoms with Gasteiger partial charge in [-0.15, -0.1) is 0 Å². The Bertz CT molecular complexity index is 974. The summed E-state index contributed by atoms with van der Waals surface area (Å²) in [4.78, 5) is 24.5. The molecule has 2 amide bonds. The molecule has 0 radical (unpaired) electrons. The van der Waals surface area contributed by atoms with Crippen molar-refractivity contribution in [3.63, 3.8) is 0 Å². The van der Waals surface area contributed by atoms with Crippen LogP contribution in [-0.2, 0) is 4.79 Å². The second-order valence-corrected chi connectivity index (χ2v) is 5.80. The minimum Gasteiger partial charge on any atom is -0.483 e. The van der Waals surface area contributed by atoms with Crippen LogP contribution in [0.3, 0.4) is 0 Å². The van der Waals surface area contributed by atoms with Crippen LogP contribution in [0.15, 0.2) is 72.8 Å². The number of anilines is 2. The van der Waals surface area contributed by atoms with Crippen LogP contribution in [0.25, 0.3) is 0 Å². The van der Waals surface area contributed by atoms with Crippen molar-refractivity contribution in [2.75, 3.05) is 17.2 Å². The Hall–Kier alpha value is -3.74. The van der Waals surface area contributed by atoms with Crippen molar-refractivity contribution in [3.8, 4) is 5.75 Å². The summed E-state index contributed by atoms with van der Waals surface area (Å²) < 4.78 is 31.3. The number of rotatable bonds is 6. The minimum atomic E-state index is -0.458. The zero-order valence-corrected chi connectivity index (χ0v) is 14.6. The van der Waals surface area contributed by atoms with Gasteiger partial charge in [-0.25, -0.2) is 8.78 Å². The fourth-order valence-corrected chi connectivity index (χ4v) is 2.39. The molecule has 3 rings (SSSR count). The third-order valence-corrected chi connectivity index (χ3v) is 3.72. The molecular weight excluding hydrogens is 366 g/mol. The summed E-state index contributed by atoms with van der Waals surface area (Å²) in [6.45, 7) is -0.335. The van der Waals surface area contributed by atoms with E-state index in [-0.39, 0.29) is 17.9 Å². The van der Waals surface area contributed by atoms with Crippen molar-refractivity contribution in [3.05, 3.63) is 90.0 Å². The van der Waals surface area contributed by atoms with Crippen LogP contribution in [0.5, 0.6) is 5.75 Å². The van der Waals surface area contributed by atoms with Crippen LogP contribution in [0.1, 0.15) is 10.4 Å². The van der Waals surface area contributed by atoms with Gasteiger partial charge in [0.2, 0.25) is 0 Å². The average molecular weight is 382 g/mol. The zero-order valence-electron chi connectivity index (χ0n) is 14.6. The van der Waals surface area contributed by atoms with Crippen molar-refractivity contribution >= 4 is 23.2 Å². The predicted octanol–water partition coefficient (Wildman–Crippen LogP) is 4.23. The van der Waals surface area contributed by atoms with E-state index < -0.39 is 23.4 Å². The van der Waals surface area contributed by atoms with Gasteiger partial charge in [-0.1, -0.05) is 12.1 Å². The van der Waals surface area contributed by atoms with Gasteiger partial charge < -0.3 is 15.4 Å². The van der Waals surface area contributed by atoms with Gasteiger partial charge in [-0.05, 0) is 60.7 Å². The number of hydrogen-bond acceptors (Lipinski definition) is 3. The van der Waals surface area contributed by atoms with Gasteiger partial charge in [0, 0.05) is 11.4 Å². The molecule has 0 saturated carbocycles. The van der Waals surface area contributed by atoms with Crippen LogP contribution in [0, 0.1) is 11.6 Å². The first kappa shape index (κ1) is 19.0. The van der Waals surface area contributed by atoms with Crippen molar-refractivity contribution < 1.29 is 23.1 Å². The molecule has 0 aliphatic heterocycles. The van der Waals surface area contributed by atoms with E-state index in [0.717, 1.165) is 0 Å². The molecule has 0 aliphatic carbocycles. The number of carbonyl (C=O) groups is 2. The molecule has 0 aromatic heterocycles. The van der Waals surface area contributed by atoms with Gasteiger partial charge in [-0.2, -0.15) is 0 Å². The summed E-state index contributed by atoms with van der Waals surface area (Å²) in [5, 5.41) is 5.20. The molecule has 0 spiro atoms. The topological polar surface area (TPSA) is 67.4 Å². The molecular formula is C21H16F2N2O3. The van der Waals surface area contributed by atoms with Crippen molar-refractivity contribution in [1.29, 1.82) is 0 Å². The first-order valence-electron chi connectivity index (χ1n) is 8.35. The molecule has 3 aromatic carbocycles. The Morgan fingerprint density at radius 1 is 0.750 bits per heavy atom. The standard InChI is InChI=1S/C21H16F2N2O3/c22-14-5-9-16(10-6-14)24-20(26)13-28-19-4-2-1-3-18(19)21(27)25-17-11-7-15(23)8-12-17/h1-12H,13H2,(H,24,26)(H,25,27). The number of amides is 2. The molecule has 0 aliphatic rings. The average Bonchev–Trinajstić information content (AvgIpc) is 2.70. The normalized spacial score (nSPS) is 10.2. The molecule has 0 heterocycles. The maximum absolute atomic E-state index is 13.0. The largest absolute Gasteiger partial charge is 0.483 e. The van der Waals surface area contributed by atoms with E-state index in [9.17, 15) is 18.4 Å². The number of nitrogens with one attached hydrogen (secondary N) is 2. The van der Waals surface area contributed by atoms with E-state index in [1.807, 2.05) is 0 Å². The van der Waals surface area contributed by atoms with Crippen molar-refractivity contribution in [1.82, 2.24) is 0 Å². The van der Waals surface area contributed by atoms with E-state index in [1.54, 1.807) is 24.3 Å². The molecule has 2 N–H and O–H groups in total. The van der Waals surface area contributed by atoms with E-state index in [1.165, 1.54) is 48.5 Å². The molecule has 0 atom stereocenters. The number of ether oxygens (including phenoxy) is 1. The van der Waals surface area contributed by atoms with Crippen LogP contribution in [0.4, 0.5) is 20.2 Å². The molecule has 3 aromatic rings. The van der Waals surface area contributed by atoms with Gasteiger partial charge in [0.05, 0.1) is 5.56 Å². The SMILES string of the molecule is O=C(COc1ccccc1C(=O)Nc1ccc(F)cc1)Nc1ccc(F)cc1. The highest BCUT2D eigenvalue weighted by Crippen LogP contribution is 2.20. The lowest BCUT2D eigenvalue weighted by molar-refractivity contribution is -0.118. The monoisotopic (exact) mass is 382 g/mol. The predicted molar refractivity (Wildman–Crippen MR) is 101 cm³/mol. The maximum Gasteiger partial charge on any atom is 0.262 e. The molecule has 142 valence electrons. The summed E-state index contributed by atoms with van der Waals surface area (Å²) in [6.07, 6.45) is 0. The fraction of sp³-hybridized carbons (Fsp3) is 0.0476. The Kier molecular flexibility index (Phi) is 5.96. The van der Waals surface area contributed by atoms with Gasteiger partial charge in [-0.3, -0.25) is 9.59 Å². The fourth-order valence-electron chi connectivity index (χ4n) is 2.39. The second kappa shape index (κ2) is 8.77. The highest BCUT2D eigenvalue weighted by molar-refractivity contribution is 6.06. The second-order valence-electron chi connectivity index (χ2n) is 5.80. The first-order chi connectivity index (χ1) is 13.5. The van der Waals surface area contributed by atoms with E-state index in [2.05, 4.69) is 10.6 Å². The number of para-hydroxylation sites is 1. The van der Waals surface area contributed by atoms with E-state index in [4.69, 9.17) is 4.74 Å². The number of benzene rings is 3. The van der Waals surface area contributed by atoms with Crippen LogP contribution in [0.2, 0.25) is 0 Å². The van der Waals surface area contributed by atoms with Crippen molar-refractivity contribution in [2.45, 2.75) is 0 Å². The van der Waals surface area contributed by atoms with Gasteiger partial charge >= 0.3 is 0 Å². The Morgan fingerprint density at radius 2 is 1.29 bits per heavy atom. The minimum absolute atomic E-state index is 0.219. The lowest BCUT2D eigenvalue weighted by Crippen LogP contribution is -2.21. The van der Waals surface area contributed by atoms with Crippen LogP contribution >= 0.6 is 0 Å². The molecule has 0 unspecified atom stereocenters. The first-order valence-corrected chi connectivity index (χ1v) is 8.35. The summed E-state index contributed by atoms with van der Waals surface area (Å²) in [5.41, 5.74) is 1.08.